The minimum absolute atomic E-state index is 0. The van der Waals surface area contributed by atoms with Crippen molar-refractivity contribution in [2.24, 2.45) is 0 Å². The Morgan fingerprint density at radius 1 is 0.800 bits per heavy atom. The predicted octanol–water partition coefficient (Wildman–Crippen LogP) is 0.212. The zero-order valence-corrected chi connectivity index (χ0v) is 10.6. The first-order chi connectivity index (χ1) is 6.86. The summed E-state index contributed by atoms with van der Waals surface area (Å²) in [5, 5.41) is 0. The van der Waals surface area contributed by atoms with Crippen LogP contribution in [-0.4, -0.2) is 0 Å². The van der Waals surface area contributed by atoms with Gasteiger partial charge in [0.1, 0.15) is 0 Å². The van der Waals surface area contributed by atoms with Crippen LogP contribution >= 0.6 is 11.8 Å². The fourth-order valence-electron chi connectivity index (χ4n) is 1.17. The van der Waals surface area contributed by atoms with Crippen LogP contribution < -0.4 is 12.4 Å². The van der Waals surface area contributed by atoms with Crippen LogP contribution in [0.2, 0.25) is 0 Å². The van der Waals surface area contributed by atoms with Gasteiger partial charge in [0, 0.05) is 4.90 Å². The Hall–Kier alpha value is -0.570. The molecule has 0 fully saturated rings. The van der Waals surface area contributed by atoms with Crippen molar-refractivity contribution in [3.63, 3.8) is 0 Å². The van der Waals surface area contributed by atoms with Crippen molar-refractivity contribution in [2.75, 3.05) is 0 Å². The van der Waals surface area contributed by atoms with Crippen molar-refractivity contribution in [3.8, 4) is 0 Å². The molecule has 0 aliphatic heterocycles. The highest BCUT2D eigenvalue weighted by atomic mass is 35.5. The quantitative estimate of drug-likeness (QED) is 0.691. The zero-order valence-electron chi connectivity index (χ0n) is 7.98. The van der Waals surface area contributed by atoms with Crippen molar-refractivity contribution >= 4 is 24.4 Å². The predicted molar refractivity (Wildman–Crippen MR) is 65.4 cm³/mol. The van der Waals surface area contributed by atoms with Crippen molar-refractivity contribution in [1.82, 2.24) is 0 Å². The van der Waals surface area contributed by atoms with E-state index in [9.17, 15) is 0 Å². The highest BCUT2D eigenvalue weighted by Crippen LogP contribution is 2.29. The third-order valence-electron chi connectivity index (χ3n) is 1.86. The van der Waals surface area contributed by atoms with Crippen LogP contribution in [0.15, 0.2) is 69.3 Å². The average Bonchev–Trinajstić information content (AvgIpc) is 2.23. The zero-order chi connectivity index (χ0) is 9.80. The molecule has 2 aromatic rings. The number of hydrogen-bond acceptors (Lipinski definition) is 1. The lowest BCUT2D eigenvalue weighted by Gasteiger charge is -2.00. The minimum atomic E-state index is 0. The van der Waals surface area contributed by atoms with Crippen molar-refractivity contribution in [2.45, 2.75) is 14.7 Å². The van der Waals surface area contributed by atoms with Gasteiger partial charge in [-0.05, 0) is 36.9 Å². The number of benzene rings is 2. The van der Waals surface area contributed by atoms with E-state index in [1.807, 2.05) is 12.1 Å². The van der Waals surface area contributed by atoms with Gasteiger partial charge in [-0.3, -0.25) is 0 Å². The van der Waals surface area contributed by atoms with Crippen molar-refractivity contribution < 1.29 is 12.4 Å². The molecule has 0 spiro atoms. The van der Waals surface area contributed by atoms with E-state index >= 15 is 0 Å². The van der Waals surface area contributed by atoms with Crippen LogP contribution in [-0.2, 0) is 12.6 Å². The van der Waals surface area contributed by atoms with Crippen LogP contribution in [0.1, 0.15) is 0 Å². The van der Waals surface area contributed by atoms with Gasteiger partial charge in [0.25, 0.3) is 0 Å². The molecular formula is C12H11ClS2. The molecule has 3 heteroatoms. The van der Waals surface area contributed by atoms with E-state index in [0.29, 0.717) is 0 Å². The number of rotatable bonds is 2. The molecular weight excluding hydrogens is 244 g/mol. The van der Waals surface area contributed by atoms with Gasteiger partial charge < -0.3 is 12.4 Å². The molecule has 0 radical (unpaired) electrons. The molecule has 2 rings (SSSR count). The van der Waals surface area contributed by atoms with Crippen molar-refractivity contribution in [1.29, 1.82) is 0 Å². The Bertz CT molecular complexity index is 415. The van der Waals surface area contributed by atoms with Crippen LogP contribution in [0.3, 0.4) is 0 Å². The van der Waals surface area contributed by atoms with Crippen LogP contribution in [0.25, 0.3) is 0 Å². The summed E-state index contributed by atoms with van der Waals surface area (Å²) in [7, 11) is 0. The summed E-state index contributed by atoms with van der Waals surface area (Å²) in [4.78, 5) is 3.65. The summed E-state index contributed by atoms with van der Waals surface area (Å²) in [5.41, 5.74) is 0. The van der Waals surface area contributed by atoms with E-state index in [1.54, 1.807) is 11.8 Å². The summed E-state index contributed by atoms with van der Waals surface area (Å²) >= 11 is 5.35. The maximum Gasteiger partial charge on any atom is 0.164 e. The molecule has 0 saturated heterocycles. The smallest absolute Gasteiger partial charge is 0.164 e. The van der Waals surface area contributed by atoms with Gasteiger partial charge in [0.05, 0.1) is 4.90 Å². The first-order valence-electron chi connectivity index (χ1n) is 4.40. The summed E-state index contributed by atoms with van der Waals surface area (Å²) in [6.45, 7) is 0. The standard InChI is InChI=1S/C12H10S2.ClH/c13-11-8-4-5-9-12(11)14-10-6-2-1-3-7-10;/h1-9,13H;1H. The molecule has 0 saturated carbocycles. The Morgan fingerprint density at radius 3 is 2.07 bits per heavy atom. The van der Waals surface area contributed by atoms with Gasteiger partial charge in [-0.2, -0.15) is 0 Å². The molecule has 0 amide bonds. The second-order valence-corrected chi connectivity index (χ2v) is 4.57. The topological polar surface area (TPSA) is 0 Å². The molecule has 2 aromatic carbocycles. The Kier molecular flexibility index (Phi) is 5.09. The molecule has 0 aromatic heterocycles. The molecule has 0 aliphatic carbocycles. The van der Waals surface area contributed by atoms with E-state index in [-0.39, 0.29) is 12.4 Å². The van der Waals surface area contributed by atoms with E-state index in [1.165, 1.54) is 9.79 Å². The highest BCUT2D eigenvalue weighted by Gasteiger charge is 2.03. The molecule has 0 N–H and O–H groups in total. The number of halogens is 1. The fourth-order valence-corrected chi connectivity index (χ4v) is 2.38. The van der Waals surface area contributed by atoms with Crippen LogP contribution in [0.5, 0.6) is 0 Å². The second-order valence-electron chi connectivity index (χ2n) is 2.91. The molecule has 15 heavy (non-hydrogen) atoms. The molecule has 0 bridgehead atoms. The van der Waals surface area contributed by atoms with Gasteiger partial charge in [0.15, 0.2) is 4.90 Å². The molecule has 0 heterocycles. The lowest BCUT2D eigenvalue weighted by Crippen LogP contribution is -3.00. The van der Waals surface area contributed by atoms with Gasteiger partial charge in [-0.15, -0.1) is 0 Å². The van der Waals surface area contributed by atoms with E-state index in [0.717, 1.165) is 4.90 Å². The third kappa shape index (κ3) is 3.49. The lowest BCUT2D eigenvalue weighted by atomic mass is 10.4. The van der Waals surface area contributed by atoms with Crippen LogP contribution in [0, 0.1) is 0 Å². The molecule has 0 aliphatic rings. The van der Waals surface area contributed by atoms with Gasteiger partial charge >= 0.3 is 0 Å². The molecule has 0 nitrogen and oxygen atoms in total. The lowest BCUT2D eigenvalue weighted by molar-refractivity contribution is -0.00000262. The summed E-state index contributed by atoms with van der Waals surface area (Å²) in [5.74, 6) is 0. The second kappa shape index (κ2) is 6.11. The maximum atomic E-state index is 3.58. The largest absolute Gasteiger partial charge is 1.00 e. The molecule has 0 unspecified atom stereocenters. The first-order valence-corrected chi connectivity index (χ1v) is 5.71. The minimum Gasteiger partial charge on any atom is -1.00 e. The Morgan fingerprint density at radius 2 is 1.40 bits per heavy atom. The van der Waals surface area contributed by atoms with E-state index in [2.05, 4.69) is 55.1 Å². The summed E-state index contributed by atoms with van der Waals surface area (Å²) in [6.07, 6.45) is 0. The monoisotopic (exact) mass is 254 g/mol. The first kappa shape index (κ1) is 12.5. The average molecular weight is 255 g/mol. The SMILES string of the molecule is [Cl-].[SH2+]c1ccccc1Sc1ccccc1. The van der Waals surface area contributed by atoms with Crippen molar-refractivity contribution in [3.05, 3.63) is 54.6 Å². The Balaban J connectivity index is 0.00000112. The summed E-state index contributed by atoms with van der Waals surface area (Å²) in [6, 6.07) is 18.6. The fraction of sp³-hybridized carbons (Fsp3) is 0. The van der Waals surface area contributed by atoms with E-state index in [4.69, 9.17) is 0 Å². The van der Waals surface area contributed by atoms with Gasteiger partial charge in [-0.25, -0.2) is 0 Å². The molecule has 78 valence electrons. The highest BCUT2D eigenvalue weighted by molar-refractivity contribution is 7.99. The maximum absolute atomic E-state index is 3.58. The normalized spacial score (nSPS) is 9.40. The van der Waals surface area contributed by atoms with Gasteiger partial charge in [-0.1, -0.05) is 42.1 Å². The third-order valence-corrected chi connectivity index (χ3v) is 3.56. The van der Waals surface area contributed by atoms with Crippen LogP contribution in [0.4, 0.5) is 0 Å². The van der Waals surface area contributed by atoms with E-state index < -0.39 is 0 Å². The summed E-state index contributed by atoms with van der Waals surface area (Å²) < 4.78 is 0. The Labute approximate surface area is 106 Å². The number of hydrogen-bond donors (Lipinski definition) is 0. The molecule has 0 atom stereocenters. The van der Waals surface area contributed by atoms with Gasteiger partial charge in [0.2, 0.25) is 0 Å².